The van der Waals surface area contributed by atoms with Crippen LogP contribution in [0.5, 0.6) is 0 Å². The van der Waals surface area contributed by atoms with Crippen molar-refractivity contribution in [1.29, 1.82) is 0 Å². The van der Waals surface area contributed by atoms with Gasteiger partial charge in [-0.05, 0) is 37.5 Å². The van der Waals surface area contributed by atoms with Crippen LogP contribution in [0.1, 0.15) is 37.7 Å². The third-order valence-corrected chi connectivity index (χ3v) is 3.97. The van der Waals surface area contributed by atoms with Crippen molar-refractivity contribution in [2.24, 2.45) is 5.73 Å². The second-order valence-corrected chi connectivity index (χ2v) is 5.96. The van der Waals surface area contributed by atoms with Crippen LogP contribution in [0.25, 0.3) is 11.1 Å². The summed E-state index contributed by atoms with van der Waals surface area (Å²) >= 11 is 0. The maximum atomic E-state index is 11.9. The molecular weight excluding hydrogens is 294 g/mol. The van der Waals surface area contributed by atoms with Gasteiger partial charge in [-0.1, -0.05) is 30.3 Å². The second-order valence-electron chi connectivity index (χ2n) is 5.96. The highest BCUT2D eigenvalue weighted by Crippen LogP contribution is 2.17. The number of nitrogens with one attached hydrogen (secondary N) is 3. The van der Waals surface area contributed by atoms with E-state index < -0.39 is 0 Å². The van der Waals surface area contributed by atoms with Crippen LogP contribution in [-0.4, -0.2) is 23.0 Å². The molecule has 2 amide bonds. The summed E-state index contributed by atoms with van der Waals surface area (Å²) in [6.45, 7) is 1.98. The van der Waals surface area contributed by atoms with Gasteiger partial charge in [0.2, 0.25) is 0 Å². The number of carbonyl (C=O) groups excluding carboxylic acids is 1. The summed E-state index contributed by atoms with van der Waals surface area (Å²) in [6.07, 6.45) is 5.60. The minimum absolute atomic E-state index is 0.0848. The Kier molecular flexibility index (Phi) is 4.45. The normalized spacial score (nSPS) is 16.5. The summed E-state index contributed by atoms with van der Waals surface area (Å²) in [5.74, 6) is 0.0848. The molecule has 1 fully saturated rings. The van der Waals surface area contributed by atoms with E-state index in [2.05, 4.69) is 20.6 Å². The van der Waals surface area contributed by atoms with Crippen molar-refractivity contribution < 1.29 is 14.2 Å². The van der Waals surface area contributed by atoms with E-state index in [0.29, 0.717) is 5.58 Å². The topological polar surface area (TPSA) is 107 Å². The van der Waals surface area contributed by atoms with Crippen LogP contribution in [0.3, 0.4) is 0 Å². The van der Waals surface area contributed by atoms with Crippen molar-refractivity contribution in [2.75, 3.05) is 0 Å². The molecule has 0 atom stereocenters. The van der Waals surface area contributed by atoms with Crippen molar-refractivity contribution >= 4 is 29.1 Å². The number of amides is 2. The molecule has 1 aromatic heterocycles. The van der Waals surface area contributed by atoms with E-state index >= 15 is 0 Å². The quantitative estimate of drug-likeness (QED) is 0.485. The Morgan fingerprint density at radius 2 is 2.13 bits per heavy atom. The van der Waals surface area contributed by atoms with Gasteiger partial charge in [-0.3, -0.25) is 0 Å². The van der Waals surface area contributed by atoms with Crippen LogP contribution in [0.2, 0.25) is 0 Å². The Morgan fingerprint density at radius 3 is 2.91 bits per heavy atom. The lowest BCUT2D eigenvalue weighted by molar-refractivity contribution is -0.381. The summed E-state index contributed by atoms with van der Waals surface area (Å²) < 4.78 is 5.53. The van der Waals surface area contributed by atoms with Gasteiger partial charge < -0.3 is 15.5 Å². The fourth-order valence-electron chi connectivity index (χ4n) is 2.83. The molecule has 1 heterocycles. The molecule has 1 aliphatic carbocycles. The second kappa shape index (κ2) is 6.68. The molecule has 0 radical (unpaired) electrons. The molecule has 2 aromatic rings. The molecule has 0 bridgehead atoms. The third-order valence-electron chi connectivity index (χ3n) is 3.97. The molecule has 7 nitrogen and oxygen atoms in total. The number of hydrogen-bond donors (Lipinski definition) is 4. The van der Waals surface area contributed by atoms with E-state index in [1.165, 1.54) is 6.42 Å². The molecule has 0 spiro atoms. The Morgan fingerprint density at radius 1 is 1.35 bits per heavy atom. The zero-order valence-corrected chi connectivity index (χ0v) is 13.2. The van der Waals surface area contributed by atoms with Gasteiger partial charge >= 0.3 is 18.0 Å². The number of hydrogen-bond acceptors (Lipinski definition) is 3. The Labute approximate surface area is 134 Å². The van der Waals surface area contributed by atoms with E-state index in [0.717, 1.165) is 36.8 Å². The van der Waals surface area contributed by atoms with Gasteiger partial charge in [-0.25, -0.2) is 15.1 Å². The minimum Gasteiger partial charge on any atom is -0.404 e. The van der Waals surface area contributed by atoms with Crippen LogP contribution in [0.15, 0.2) is 22.6 Å². The van der Waals surface area contributed by atoms with Crippen molar-refractivity contribution in [1.82, 2.24) is 15.6 Å². The Bertz CT molecular complexity index is 731. The predicted molar refractivity (Wildman–Crippen MR) is 87.1 cm³/mol. The summed E-state index contributed by atoms with van der Waals surface area (Å²) in [7, 11) is 0. The number of rotatable bonds is 2. The van der Waals surface area contributed by atoms with E-state index in [1.54, 1.807) is 0 Å². The number of guanidine groups is 1. The number of oxazole rings is 1. The summed E-state index contributed by atoms with van der Waals surface area (Å²) in [6, 6.07) is 5.88. The molecular formula is C16H22N5O2+. The molecule has 1 saturated carbocycles. The minimum atomic E-state index is -0.311. The molecule has 5 N–H and O–H groups in total. The SMILES string of the molecule is Cc1ccc2oc([NH+]=C(N)NC(=O)NC3CCCCC3)nc2c1. The fourth-order valence-corrected chi connectivity index (χ4v) is 2.83. The van der Waals surface area contributed by atoms with E-state index in [4.69, 9.17) is 10.2 Å². The maximum absolute atomic E-state index is 11.9. The van der Waals surface area contributed by atoms with Crippen molar-refractivity contribution in [3.05, 3.63) is 23.8 Å². The van der Waals surface area contributed by atoms with Crippen molar-refractivity contribution in [3.63, 3.8) is 0 Å². The Balaban J connectivity index is 1.62. The standard InChI is InChI=1S/C16H21N5O2/c1-10-7-8-13-12(9-10)19-16(23-13)21-14(17)20-15(22)18-11-5-3-2-4-6-11/h7-9,11H,2-6H2,1H3,(H4,17,18,19,20,21,22)/p+1. The zero-order valence-electron chi connectivity index (χ0n) is 13.2. The highest BCUT2D eigenvalue weighted by atomic mass is 16.4. The summed E-state index contributed by atoms with van der Waals surface area (Å²) in [5, 5.41) is 5.49. The molecule has 1 aliphatic rings. The van der Waals surface area contributed by atoms with Gasteiger partial charge in [0.05, 0.1) is 0 Å². The molecule has 0 unspecified atom stereocenters. The number of fused-ring (bicyclic) bond motifs is 1. The predicted octanol–water partition coefficient (Wildman–Crippen LogP) is 0.795. The van der Waals surface area contributed by atoms with Gasteiger partial charge in [0.1, 0.15) is 0 Å². The summed E-state index contributed by atoms with van der Waals surface area (Å²) in [5.41, 5.74) is 8.30. The highest BCUT2D eigenvalue weighted by Gasteiger charge is 2.18. The lowest BCUT2D eigenvalue weighted by atomic mass is 9.96. The van der Waals surface area contributed by atoms with Gasteiger partial charge in [-0.15, -0.1) is 0 Å². The first-order chi connectivity index (χ1) is 11.1. The zero-order chi connectivity index (χ0) is 16.2. The first-order valence-electron chi connectivity index (χ1n) is 7.94. The molecule has 0 saturated heterocycles. The Hall–Kier alpha value is -2.57. The average Bonchev–Trinajstić information content (AvgIpc) is 2.89. The highest BCUT2D eigenvalue weighted by molar-refractivity contribution is 5.92. The average molecular weight is 316 g/mol. The maximum Gasteiger partial charge on any atom is 0.406 e. The van der Waals surface area contributed by atoms with E-state index in [1.807, 2.05) is 25.1 Å². The molecule has 0 aliphatic heterocycles. The van der Waals surface area contributed by atoms with E-state index in [9.17, 15) is 4.79 Å². The van der Waals surface area contributed by atoms with Crippen LogP contribution in [0.4, 0.5) is 10.8 Å². The molecule has 3 rings (SSSR count). The molecule has 23 heavy (non-hydrogen) atoms. The smallest absolute Gasteiger partial charge is 0.404 e. The summed E-state index contributed by atoms with van der Waals surface area (Å²) in [4.78, 5) is 19.0. The van der Waals surface area contributed by atoms with Gasteiger partial charge in [-0.2, -0.15) is 0 Å². The van der Waals surface area contributed by atoms with Gasteiger partial charge in [0.15, 0.2) is 11.1 Å². The number of urea groups is 1. The first kappa shape index (κ1) is 15.3. The molecule has 7 heteroatoms. The van der Waals surface area contributed by atoms with Crippen molar-refractivity contribution in [3.8, 4) is 0 Å². The van der Waals surface area contributed by atoms with Crippen LogP contribution >= 0.6 is 0 Å². The number of benzene rings is 1. The number of nitrogens with two attached hydrogens (primary N) is 1. The number of aryl methyl sites for hydroxylation is 1. The van der Waals surface area contributed by atoms with Crippen LogP contribution < -0.4 is 21.4 Å². The van der Waals surface area contributed by atoms with Crippen molar-refractivity contribution in [2.45, 2.75) is 45.1 Å². The largest absolute Gasteiger partial charge is 0.406 e. The number of aromatic nitrogens is 1. The lowest BCUT2D eigenvalue weighted by Crippen LogP contribution is -2.75. The van der Waals surface area contributed by atoms with Crippen LogP contribution in [0, 0.1) is 6.92 Å². The monoisotopic (exact) mass is 316 g/mol. The first-order valence-corrected chi connectivity index (χ1v) is 7.94. The third kappa shape index (κ3) is 4.00. The lowest BCUT2D eigenvalue weighted by Gasteiger charge is -2.21. The number of nitrogens with zero attached hydrogens (tertiary/aromatic N) is 1. The molecule has 1 aromatic carbocycles. The van der Waals surface area contributed by atoms with E-state index in [-0.39, 0.29) is 24.0 Å². The van der Waals surface area contributed by atoms with Gasteiger partial charge in [0.25, 0.3) is 0 Å². The fraction of sp³-hybridized carbons (Fsp3) is 0.438. The van der Waals surface area contributed by atoms with Gasteiger partial charge in [0, 0.05) is 6.04 Å². The van der Waals surface area contributed by atoms with Crippen LogP contribution in [-0.2, 0) is 0 Å². The molecule has 122 valence electrons. The number of carbonyl (C=O) groups is 1.